The van der Waals surface area contributed by atoms with E-state index in [0.29, 0.717) is 31.1 Å². The third-order valence-electron chi connectivity index (χ3n) is 4.57. The van der Waals surface area contributed by atoms with Crippen LogP contribution in [0.3, 0.4) is 0 Å². The van der Waals surface area contributed by atoms with Crippen LogP contribution in [0.5, 0.6) is 0 Å². The van der Waals surface area contributed by atoms with Gasteiger partial charge in [-0.3, -0.25) is 14.7 Å². The van der Waals surface area contributed by atoms with Crippen molar-refractivity contribution in [3.05, 3.63) is 35.9 Å². The number of nitrogens with zero attached hydrogens (tertiary/aromatic N) is 3. The van der Waals surface area contributed by atoms with Crippen molar-refractivity contribution in [1.82, 2.24) is 20.4 Å². The van der Waals surface area contributed by atoms with Gasteiger partial charge in [0, 0.05) is 45.3 Å². The summed E-state index contributed by atoms with van der Waals surface area (Å²) in [4.78, 5) is 21.0. The summed E-state index contributed by atoms with van der Waals surface area (Å²) in [5, 5.41) is 6.43. The summed E-state index contributed by atoms with van der Waals surface area (Å²) in [7, 11) is 1.73. The topological polar surface area (TPSA) is 60.0 Å². The molecule has 2 N–H and O–H groups in total. The third kappa shape index (κ3) is 8.43. The Morgan fingerprint density at radius 2 is 1.70 bits per heavy atom. The van der Waals surface area contributed by atoms with Crippen molar-refractivity contribution in [3.8, 4) is 0 Å². The molecule has 1 aromatic carbocycles. The minimum Gasteiger partial charge on any atom is -0.355 e. The van der Waals surface area contributed by atoms with E-state index < -0.39 is 0 Å². The molecular weight excluding hydrogens is 338 g/mol. The average molecular weight is 376 g/mol. The quantitative estimate of drug-likeness (QED) is 0.487. The van der Waals surface area contributed by atoms with E-state index in [0.717, 1.165) is 18.7 Å². The molecule has 152 valence electrons. The highest BCUT2D eigenvalue weighted by Crippen LogP contribution is 2.04. The summed E-state index contributed by atoms with van der Waals surface area (Å²) < 4.78 is 0. The molecule has 0 heterocycles. The van der Waals surface area contributed by atoms with E-state index in [1.54, 1.807) is 7.05 Å². The van der Waals surface area contributed by atoms with Crippen molar-refractivity contribution >= 4 is 11.9 Å². The van der Waals surface area contributed by atoms with Gasteiger partial charge >= 0.3 is 0 Å². The first-order valence-electron chi connectivity index (χ1n) is 9.91. The number of carbonyl (C=O) groups is 1. The van der Waals surface area contributed by atoms with E-state index in [2.05, 4.69) is 48.2 Å². The number of hydrogen-bond donors (Lipinski definition) is 2. The van der Waals surface area contributed by atoms with Gasteiger partial charge in [0.25, 0.3) is 0 Å². The van der Waals surface area contributed by atoms with Gasteiger partial charge < -0.3 is 15.5 Å². The molecule has 0 unspecified atom stereocenters. The number of likely N-dealkylation sites (N-methyl/N-ethyl adjacent to an activating group) is 1. The van der Waals surface area contributed by atoms with Crippen LogP contribution in [0.15, 0.2) is 35.3 Å². The van der Waals surface area contributed by atoms with Gasteiger partial charge in [-0.2, -0.15) is 0 Å². The van der Waals surface area contributed by atoms with E-state index in [1.807, 2.05) is 42.2 Å². The van der Waals surface area contributed by atoms with Crippen LogP contribution in [0.2, 0.25) is 0 Å². The number of aliphatic imine (C=N–C) groups is 1. The molecule has 0 saturated carbocycles. The summed E-state index contributed by atoms with van der Waals surface area (Å²) in [6.07, 6.45) is 0. The minimum atomic E-state index is 0.0651. The Morgan fingerprint density at radius 1 is 1.07 bits per heavy atom. The highest BCUT2D eigenvalue weighted by Gasteiger charge is 2.14. The molecular formula is C21H37N5O. The smallest absolute Gasteiger partial charge is 0.242 e. The first-order chi connectivity index (χ1) is 12.9. The lowest BCUT2D eigenvalue weighted by atomic mass is 10.2. The van der Waals surface area contributed by atoms with Crippen molar-refractivity contribution in [2.75, 3.05) is 33.2 Å². The minimum absolute atomic E-state index is 0.0651. The van der Waals surface area contributed by atoms with Crippen molar-refractivity contribution < 1.29 is 4.79 Å². The van der Waals surface area contributed by atoms with Crippen molar-refractivity contribution in [2.24, 2.45) is 4.99 Å². The second kappa shape index (κ2) is 12.3. The zero-order valence-electron chi connectivity index (χ0n) is 17.8. The lowest BCUT2D eigenvalue weighted by molar-refractivity contribution is -0.130. The van der Waals surface area contributed by atoms with Gasteiger partial charge in [-0.05, 0) is 40.2 Å². The molecule has 1 rings (SSSR count). The number of rotatable bonds is 10. The van der Waals surface area contributed by atoms with Gasteiger partial charge in [-0.25, -0.2) is 0 Å². The normalized spacial score (nSPS) is 12.0. The van der Waals surface area contributed by atoms with Crippen molar-refractivity contribution in [3.63, 3.8) is 0 Å². The molecule has 0 aromatic heterocycles. The monoisotopic (exact) mass is 375 g/mol. The molecule has 0 radical (unpaired) electrons. The van der Waals surface area contributed by atoms with Gasteiger partial charge in [0.05, 0.1) is 6.54 Å². The SMILES string of the molecule is CCN(Cc1ccccc1)C(=O)CNC(=NC)NCCN(C(C)C)C(C)C. The first kappa shape index (κ1) is 23.0. The van der Waals surface area contributed by atoms with E-state index in [4.69, 9.17) is 0 Å². The van der Waals surface area contributed by atoms with E-state index in [9.17, 15) is 4.79 Å². The molecule has 0 fully saturated rings. The molecule has 0 aliphatic heterocycles. The van der Waals surface area contributed by atoms with Crippen LogP contribution in [0.25, 0.3) is 0 Å². The summed E-state index contributed by atoms with van der Waals surface area (Å²) in [6, 6.07) is 11.1. The fourth-order valence-corrected chi connectivity index (χ4v) is 3.09. The van der Waals surface area contributed by atoms with Crippen LogP contribution in [-0.2, 0) is 11.3 Å². The molecule has 27 heavy (non-hydrogen) atoms. The van der Waals surface area contributed by atoms with E-state index in [1.165, 1.54) is 0 Å². The largest absolute Gasteiger partial charge is 0.355 e. The predicted octanol–water partition coefficient (Wildman–Crippen LogP) is 2.32. The summed E-state index contributed by atoms with van der Waals surface area (Å²) in [5.74, 6) is 0.724. The molecule has 0 spiro atoms. The summed E-state index contributed by atoms with van der Waals surface area (Å²) in [6.45, 7) is 14.1. The Kier molecular flexibility index (Phi) is 10.5. The zero-order valence-corrected chi connectivity index (χ0v) is 17.8. The molecule has 6 nitrogen and oxygen atoms in total. The second-order valence-electron chi connectivity index (χ2n) is 7.17. The van der Waals surface area contributed by atoms with Gasteiger partial charge in [0.1, 0.15) is 0 Å². The highest BCUT2D eigenvalue weighted by molar-refractivity contribution is 5.86. The van der Waals surface area contributed by atoms with E-state index >= 15 is 0 Å². The van der Waals surface area contributed by atoms with Gasteiger partial charge in [0.2, 0.25) is 5.91 Å². The van der Waals surface area contributed by atoms with Crippen LogP contribution in [0, 0.1) is 0 Å². The first-order valence-corrected chi connectivity index (χ1v) is 9.91. The van der Waals surface area contributed by atoms with Crippen LogP contribution >= 0.6 is 0 Å². The van der Waals surface area contributed by atoms with Crippen molar-refractivity contribution in [2.45, 2.75) is 53.2 Å². The maximum Gasteiger partial charge on any atom is 0.242 e. The Labute approximate surface area is 165 Å². The molecule has 1 aromatic rings. The molecule has 0 saturated heterocycles. The van der Waals surface area contributed by atoms with Crippen LogP contribution in [0.1, 0.15) is 40.2 Å². The fourth-order valence-electron chi connectivity index (χ4n) is 3.09. The number of nitrogens with one attached hydrogen (secondary N) is 2. The van der Waals surface area contributed by atoms with Gasteiger partial charge in [0.15, 0.2) is 5.96 Å². The molecule has 0 atom stereocenters. The average Bonchev–Trinajstić information content (AvgIpc) is 2.65. The molecule has 1 amide bonds. The lowest BCUT2D eigenvalue weighted by Gasteiger charge is -2.30. The highest BCUT2D eigenvalue weighted by atomic mass is 16.2. The number of amides is 1. The Morgan fingerprint density at radius 3 is 2.22 bits per heavy atom. The molecule has 0 aliphatic rings. The Bertz CT molecular complexity index is 563. The summed E-state index contributed by atoms with van der Waals surface area (Å²) in [5.41, 5.74) is 1.14. The lowest BCUT2D eigenvalue weighted by Crippen LogP contribution is -2.47. The Balaban J connectivity index is 2.45. The predicted molar refractivity (Wildman–Crippen MR) is 114 cm³/mol. The van der Waals surface area contributed by atoms with Crippen LogP contribution in [0.4, 0.5) is 0 Å². The standard InChI is InChI=1S/C21H37N5O/c1-7-25(16-19-11-9-8-10-12-19)20(27)15-24-21(22-6)23-13-14-26(17(2)3)18(4)5/h8-12,17-18H,7,13-16H2,1-6H3,(H2,22,23,24). The van der Waals surface area contributed by atoms with Crippen LogP contribution < -0.4 is 10.6 Å². The maximum absolute atomic E-state index is 12.5. The van der Waals surface area contributed by atoms with Gasteiger partial charge in [-0.15, -0.1) is 0 Å². The third-order valence-corrected chi connectivity index (χ3v) is 4.57. The number of carbonyl (C=O) groups excluding carboxylic acids is 1. The van der Waals surface area contributed by atoms with Gasteiger partial charge in [-0.1, -0.05) is 30.3 Å². The number of benzene rings is 1. The molecule has 0 bridgehead atoms. The van der Waals surface area contributed by atoms with E-state index in [-0.39, 0.29) is 12.5 Å². The number of hydrogen-bond acceptors (Lipinski definition) is 3. The zero-order chi connectivity index (χ0) is 20.2. The molecule has 6 heteroatoms. The second-order valence-corrected chi connectivity index (χ2v) is 7.17. The molecule has 0 aliphatic carbocycles. The fraction of sp³-hybridized carbons (Fsp3) is 0.619. The van der Waals surface area contributed by atoms with Crippen molar-refractivity contribution in [1.29, 1.82) is 0 Å². The number of guanidine groups is 1. The Hall–Kier alpha value is -2.08. The summed E-state index contributed by atoms with van der Waals surface area (Å²) >= 11 is 0. The maximum atomic E-state index is 12.5. The van der Waals surface area contributed by atoms with Crippen LogP contribution in [-0.4, -0.2) is 67.0 Å².